The maximum absolute atomic E-state index is 12.6. The number of carbonyl (C=O) groups is 1. The Balaban J connectivity index is 1.52. The second-order valence-electron chi connectivity index (χ2n) is 6.46. The van der Waals surface area contributed by atoms with Crippen LogP contribution in [0.4, 0.5) is 16.6 Å². The van der Waals surface area contributed by atoms with Crippen LogP contribution < -0.4 is 10.6 Å². The quantitative estimate of drug-likeness (QED) is 0.443. The Morgan fingerprint density at radius 1 is 1.10 bits per heavy atom. The first-order valence-corrected chi connectivity index (χ1v) is 10.2. The zero-order valence-electron chi connectivity index (χ0n) is 16.2. The number of carbonyl (C=O) groups excluding carboxylic acids is 1. The predicted molar refractivity (Wildman–Crippen MR) is 120 cm³/mol. The molecule has 1 aromatic carbocycles. The Bertz CT molecular complexity index is 1190. The maximum Gasteiger partial charge on any atom is 0.267 e. The smallest absolute Gasteiger partial charge is 0.267 e. The topological polar surface area (TPSA) is 92.7 Å². The molecule has 0 aliphatic carbocycles. The van der Waals surface area contributed by atoms with E-state index >= 15 is 0 Å². The van der Waals surface area contributed by atoms with Gasteiger partial charge < -0.3 is 10.6 Å². The van der Waals surface area contributed by atoms with Crippen molar-refractivity contribution in [1.29, 1.82) is 0 Å². The van der Waals surface area contributed by atoms with Crippen molar-refractivity contribution in [3.05, 3.63) is 76.3 Å². The summed E-state index contributed by atoms with van der Waals surface area (Å²) in [5.74, 6) is 0.946. The normalized spacial score (nSPS) is 10.6. The van der Waals surface area contributed by atoms with E-state index in [4.69, 9.17) is 11.6 Å². The van der Waals surface area contributed by atoms with Gasteiger partial charge in [0, 0.05) is 24.0 Å². The van der Waals surface area contributed by atoms with Crippen LogP contribution in [-0.4, -0.2) is 25.8 Å². The summed E-state index contributed by atoms with van der Waals surface area (Å²) >= 11 is 7.42. The van der Waals surface area contributed by atoms with E-state index in [0.29, 0.717) is 32.4 Å². The first kappa shape index (κ1) is 19.9. The number of para-hydroxylation sites is 1. The Morgan fingerprint density at radius 2 is 1.90 bits per heavy atom. The predicted octanol–water partition coefficient (Wildman–Crippen LogP) is 5.26. The molecular formula is C21H17ClN6OS. The average molecular weight is 437 g/mol. The molecule has 30 heavy (non-hydrogen) atoms. The molecule has 4 aromatic rings. The van der Waals surface area contributed by atoms with Crippen molar-refractivity contribution in [3.8, 4) is 11.3 Å². The molecule has 0 bridgehead atoms. The Hall–Kier alpha value is -3.36. The first-order chi connectivity index (χ1) is 14.5. The molecule has 0 aliphatic heterocycles. The van der Waals surface area contributed by atoms with Crippen LogP contribution in [-0.2, 0) is 0 Å². The molecule has 0 fully saturated rings. The third-order valence-electron chi connectivity index (χ3n) is 4.24. The minimum absolute atomic E-state index is 0.270. The molecular weight excluding hydrogens is 420 g/mol. The minimum atomic E-state index is -0.270. The number of benzene rings is 1. The van der Waals surface area contributed by atoms with E-state index in [-0.39, 0.29) is 5.91 Å². The molecule has 0 spiro atoms. The Morgan fingerprint density at radius 3 is 2.67 bits per heavy atom. The number of thiazole rings is 1. The average Bonchev–Trinajstić information content (AvgIpc) is 3.19. The van der Waals surface area contributed by atoms with Crippen LogP contribution in [0.5, 0.6) is 0 Å². The van der Waals surface area contributed by atoms with E-state index in [1.807, 2.05) is 44.2 Å². The summed E-state index contributed by atoms with van der Waals surface area (Å²) in [5.41, 5.74) is 3.20. The lowest BCUT2D eigenvalue weighted by Crippen LogP contribution is -2.11. The number of rotatable bonds is 5. The molecule has 0 unspecified atom stereocenters. The van der Waals surface area contributed by atoms with Gasteiger partial charge in [0.05, 0.1) is 22.6 Å². The highest BCUT2D eigenvalue weighted by Crippen LogP contribution is 2.28. The van der Waals surface area contributed by atoms with Crippen LogP contribution in [0.1, 0.15) is 21.1 Å². The second-order valence-corrected chi connectivity index (χ2v) is 7.90. The summed E-state index contributed by atoms with van der Waals surface area (Å²) in [4.78, 5) is 30.3. The number of aryl methyl sites for hydroxylation is 2. The molecule has 7 nitrogen and oxygen atoms in total. The zero-order chi connectivity index (χ0) is 21.1. The van der Waals surface area contributed by atoms with Gasteiger partial charge in [-0.25, -0.2) is 15.0 Å². The molecule has 4 rings (SSSR count). The SMILES string of the molecule is Cc1nc(Nc2ncc(C(=O)Nc3c(C)cccc3Cl)s2)cc(-c2ccncc2)n1. The monoisotopic (exact) mass is 436 g/mol. The van der Waals surface area contributed by atoms with Gasteiger partial charge in [0.15, 0.2) is 5.13 Å². The molecule has 9 heteroatoms. The number of amides is 1. The minimum Gasteiger partial charge on any atom is -0.320 e. The summed E-state index contributed by atoms with van der Waals surface area (Å²) in [6, 6.07) is 11.1. The highest BCUT2D eigenvalue weighted by molar-refractivity contribution is 7.17. The Kier molecular flexibility index (Phi) is 5.69. The van der Waals surface area contributed by atoms with Crippen LogP contribution in [0.15, 0.2) is 55.0 Å². The van der Waals surface area contributed by atoms with E-state index < -0.39 is 0 Å². The number of nitrogens with one attached hydrogen (secondary N) is 2. The number of halogens is 1. The van der Waals surface area contributed by atoms with Crippen LogP contribution in [0.2, 0.25) is 5.02 Å². The number of hydrogen-bond donors (Lipinski definition) is 2. The molecule has 3 aromatic heterocycles. The van der Waals surface area contributed by atoms with Crippen molar-refractivity contribution in [1.82, 2.24) is 19.9 Å². The van der Waals surface area contributed by atoms with Crippen molar-refractivity contribution in [2.75, 3.05) is 10.6 Å². The molecule has 0 atom stereocenters. The van der Waals surface area contributed by atoms with E-state index in [1.165, 1.54) is 17.5 Å². The van der Waals surface area contributed by atoms with Crippen molar-refractivity contribution >= 4 is 45.5 Å². The standard InChI is InChI=1S/C21H17ClN6OS/c1-12-4-3-5-15(22)19(12)28-20(29)17-11-24-21(30-17)27-18-10-16(25-13(2)26-18)14-6-8-23-9-7-14/h3-11H,1-2H3,(H,28,29)(H,24,25,26,27). The van der Waals surface area contributed by atoms with Gasteiger partial charge in [0.2, 0.25) is 0 Å². The molecule has 2 N–H and O–H groups in total. The van der Waals surface area contributed by atoms with Crippen molar-refractivity contribution < 1.29 is 4.79 Å². The van der Waals surface area contributed by atoms with Crippen LogP contribution >= 0.6 is 22.9 Å². The fourth-order valence-electron chi connectivity index (χ4n) is 2.81. The highest BCUT2D eigenvalue weighted by Gasteiger charge is 2.14. The summed E-state index contributed by atoms with van der Waals surface area (Å²) < 4.78 is 0. The summed E-state index contributed by atoms with van der Waals surface area (Å²) in [7, 11) is 0. The largest absolute Gasteiger partial charge is 0.320 e. The lowest BCUT2D eigenvalue weighted by molar-refractivity contribution is 0.103. The van der Waals surface area contributed by atoms with Gasteiger partial charge in [-0.15, -0.1) is 0 Å². The lowest BCUT2D eigenvalue weighted by Gasteiger charge is -2.09. The van der Waals surface area contributed by atoms with E-state index in [1.54, 1.807) is 18.5 Å². The van der Waals surface area contributed by atoms with Crippen molar-refractivity contribution in [2.24, 2.45) is 0 Å². The van der Waals surface area contributed by atoms with Gasteiger partial charge in [0.25, 0.3) is 5.91 Å². The number of aromatic nitrogens is 4. The highest BCUT2D eigenvalue weighted by atomic mass is 35.5. The molecule has 150 valence electrons. The van der Waals surface area contributed by atoms with E-state index in [2.05, 4.69) is 30.6 Å². The van der Waals surface area contributed by atoms with Crippen LogP contribution in [0.3, 0.4) is 0 Å². The zero-order valence-corrected chi connectivity index (χ0v) is 17.8. The number of hydrogen-bond acceptors (Lipinski definition) is 7. The molecule has 0 aliphatic rings. The van der Waals surface area contributed by atoms with Gasteiger partial charge >= 0.3 is 0 Å². The first-order valence-electron chi connectivity index (χ1n) is 9.05. The lowest BCUT2D eigenvalue weighted by atomic mass is 10.2. The number of anilines is 3. The maximum atomic E-state index is 12.6. The Labute approximate surface area is 182 Å². The summed E-state index contributed by atoms with van der Waals surface area (Å²) in [6.07, 6.45) is 4.95. The van der Waals surface area contributed by atoms with E-state index in [9.17, 15) is 4.79 Å². The molecule has 0 radical (unpaired) electrons. The fourth-order valence-corrected chi connectivity index (χ4v) is 3.80. The molecule has 0 saturated heterocycles. The van der Waals surface area contributed by atoms with Gasteiger partial charge in [-0.2, -0.15) is 0 Å². The third-order valence-corrected chi connectivity index (χ3v) is 5.47. The summed E-state index contributed by atoms with van der Waals surface area (Å²) in [6.45, 7) is 3.71. The van der Waals surface area contributed by atoms with Crippen LogP contribution in [0.25, 0.3) is 11.3 Å². The van der Waals surface area contributed by atoms with E-state index in [0.717, 1.165) is 16.8 Å². The van der Waals surface area contributed by atoms with Gasteiger partial charge in [-0.3, -0.25) is 9.78 Å². The molecule has 1 amide bonds. The number of nitrogens with zero attached hydrogens (tertiary/aromatic N) is 4. The van der Waals surface area contributed by atoms with Crippen molar-refractivity contribution in [2.45, 2.75) is 13.8 Å². The van der Waals surface area contributed by atoms with Gasteiger partial charge in [-0.05, 0) is 37.6 Å². The molecule has 3 heterocycles. The van der Waals surface area contributed by atoms with Crippen LogP contribution in [0, 0.1) is 13.8 Å². The van der Waals surface area contributed by atoms with Gasteiger partial charge in [-0.1, -0.05) is 35.1 Å². The summed E-state index contributed by atoms with van der Waals surface area (Å²) in [5, 5.41) is 7.05. The fraction of sp³-hybridized carbons (Fsp3) is 0.0952. The second kappa shape index (κ2) is 8.56. The number of pyridine rings is 1. The molecule has 0 saturated carbocycles. The third kappa shape index (κ3) is 4.45. The van der Waals surface area contributed by atoms with Gasteiger partial charge in [0.1, 0.15) is 16.5 Å². The van der Waals surface area contributed by atoms with Crippen molar-refractivity contribution in [3.63, 3.8) is 0 Å².